The van der Waals surface area contributed by atoms with E-state index in [9.17, 15) is 13.2 Å². The fourth-order valence-electron chi connectivity index (χ4n) is 4.54. The quantitative estimate of drug-likeness (QED) is 0.249. The Bertz CT molecular complexity index is 1590. The third kappa shape index (κ3) is 7.62. The highest BCUT2D eigenvalue weighted by molar-refractivity contribution is 7.92. The number of ether oxygens (including phenoxy) is 2. The lowest BCUT2D eigenvalue weighted by Crippen LogP contribution is -2.48. The fraction of sp³-hybridized carbons (Fsp3) is 0.310. The van der Waals surface area contributed by atoms with Crippen molar-refractivity contribution in [3.05, 3.63) is 72.3 Å². The zero-order chi connectivity index (χ0) is 28.8. The lowest BCUT2D eigenvalue weighted by atomic mass is 10.2. The molecule has 3 aromatic carbocycles. The summed E-state index contributed by atoms with van der Waals surface area (Å²) in [5.74, 6) is 1.24. The van der Waals surface area contributed by atoms with Crippen molar-refractivity contribution >= 4 is 60.7 Å². The maximum Gasteiger partial charge on any atom is 0.261 e. The van der Waals surface area contributed by atoms with Gasteiger partial charge in [-0.3, -0.25) is 14.4 Å². The summed E-state index contributed by atoms with van der Waals surface area (Å²) < 4.78 is 39.6. The van der Waals surface area contributed by atoms with E-state index in [-0.39, 0.29) is 23.2 Å². The highest BCUT2D eigenvalue weighted by Gasteiger charge is 2.20. The Morgan fingerprint density at radius 1 is 0.976 bits per heavy atom. The number of aromatic nitrogens is 1. The number of carbonyl (C=O) groups excluding carboxylic acids is 1. The molecule has 1 aromatic heterocycles. The summed E-state index contributed by atoms with van der Waals surface area (Å²) in [6.07, 6.45) is 0. The summed E-state index contributed by atoms with van der Waals surface area (Å²) >= 11 is 1.69. The number of hydrogen-bond donors (Lipinski definition) is 2. The van der Waals surface area contributed by atoms with Gasteiger partial charge in [0.05, 0.1) is 28.8 Å². The summed E-state index contributed by atoms with van der Waals surface area (Å²) in [4.78, 5) is 22.2. The number of methoxy groups -OCH3 is 1. The van der Waals surface area contributed by atoms with Crippen molar-refractivity contribution in [3.63, 3.8) is 0 Å². The van der Waals surface area contributed by atoms with Gasteiger partial charge >= 0.3 is 0 Å². The maximum atomic E-state index is 12.6. The van der Waals surface area contributed by atoms with Crippen molar-refractivity contribution in [1.82, 2.24) is 15.2 Å². The number of benzene rings is 3. The molecule has 1 aliphatic heterocycles. The van der Waals surface area contributed by atoms with Crippen LogP contribution < -0.4 is 24.4 Å². The average Bonchev–Trinajstić information content (AvgIpc) is 3.41. The van der Waals surface area contributed by atoms with Gasteiger partial charge in [-0.05, 0) is 73.7 Å². The Labute approximate surface area is 256 Å². The molecule has 1 aliphatic rings. The number of nitrogens with zero attached hydrogens (tertiary/aromatic N) is 3. The molecule has 0 unspecified atom stereocenters. The number of nitrogens with one attached hydrogen (secondary N) is 2. The third-order valence-corrected chi connectivity index (χ3v) is 9.26. The Morgan fingerprint density at radius 3 is 2.33 bits per heavy atom. The van der Waals surface area contributed by atoms with E-state index in [0.717, 1.165) is 53.8 Å². The number of sulfonamides is 1. The van der Waals surface area contributed by atoms with E-state index in [1.165, 1.54) is 19.2 Å². The first-order valence-electron chi connectivity index (χ1n) is 13.4. The number of piperazine rings is 1. The standard InChI is InChI=1S/C29H33N5O5S2.ClH/c1-3-39-24-10-13-26-27(20-24)40-29(31-26)34-18-16-33(17-19-34)15-14-30-28(35)21-4-6-22(7-5-21)32-41(36,37)25-11-8-23(38-2)9-12-25;/h4-13,20,32H,3,14-19H2,1-2H3,(H,30,35);1H. The monoisotopic (exact) mass is 631 g/mol. The molecule has 42 heavy (non-hydrogen) atoms. The molecular weight excluding hydrogens is 598 g/mol. The number of carbonyl (C=O) groups is 1. The van der Waals surface area contributed by atoms with Crippen LogP contribution in [0.1, 0.15) is 17.3 Å². The zero-order valence-electron chi connectivity index (χ0n) is 23.4. The Balaban J connectivity index is 0.00000405. The summed E-state index contributed by atoms with van der Waals surface area (Å²) in [5, 5.41) is 3.98. The van der Waals surface area contributed by atoms with Gasteiger partial charge < -0.3 is 19.7 Å². The third-order valence-electron chi connectivity index (χ3n) is 6.79. The van der Waals surface area contributed by atoms with Gasteiger partial charge in [-0.1, -0.05) is 11.3 Å². The Morgan fingerprint density at radius 2 is 1.67 bits per heavy atom. The minimum Gasteiger partial charge on any atom is -0.497 e. The molecule has 0 spiro atoms. The van der Waals surface area contributed by atoms with Gasteiger partial charge in [0.1, 0.15) is 11.5 Å². The van der Waals surface area contributed by atoms with E-state index in [4.69, 9.17) is 14.5 Å². The van der Waals surface area contributed by atoms with E-state index in [1.807, 2.05) is 25.1 Å². The molecule has 2 N–H and O–H groups in total. The molecule has 1 fully saturated rings. The van der Waals surface area contributed by atoms with Gasteiger partial charge in [-0.2, -0.15) is 0 Å². The number of amides is 1. The lowest BCUT2D eigenvalue weighted by Gasteiger charge is -2.34. The summed E-state index contributed by atoms with van der Waals surface area (Å²) in [7, 11) is -2.24. The van der Waals surface area contributed by atoms with Crippen LogP contribution >= 0.6 is 23.7 Å². The van der Waals surface area contributed by atoms with Crippen LogP contribution in [-0.2, 0) is 10.0 Å². The molecule has 224 valence electrons. The van der Waals surface area contributed by atoms with Crippen LogP contribution in [0.3, 0.4) is 0 Å². The molecule has 0 atom stereocenters. The molecule has 1 saturated heterocycles. The van der Waals surface area contributed by atoms with Crippen LogP contribution in [-0.4, -0.2) is 77.2 Å². The van der Waals surface area contributed by atoms with Gasteiger partial charge in [0.2, 0.25) is 0 Å². The molecule has 0 aliphatic carbocycles. The Hall–Kier alpha value is -3.58. The van der Waals surface area contributed by atoms with E-state index in [0.29, 0.717) is 30.2 Å². The Kier molecular flexibility index (Phi) is 10.5. The largest absolute Gasteiger partial charge is 0.497 e. The van der Waals surface area contributed by atoms with Crippen molar-refractivity contribution < 1.29 is 22.7 Å². The molecule has 5 rings (SSSR count). The number of halogens is 1. The highest BCUT2D eigenvalue weighted by Crippen LogP contribution is 2.32. The predicted molar refractivity (Wildman–Crippen MR) is 169 cm³/mol. The van der Waals surface area contributed by atoms with Crippen molar-refractivity contribution in [2.45, 2.75) is 11.8 Å². The number of hydrogen-bond acceptors (Lipinski definition) is 9. The topological polar surface area (TPSA) is 113 Å². The molecular formula is C29H34ClN5O5S2. The summed E-state index contributed by atoms with van der Waals surface area (Å²) in [6.45, 7) is 7.41. The zero-order valence-corrected chi connectivity index (χ0v) is 25.9. The molecule has 13 heteroatoms. The van der Waals surface area contributed by atoms with Gasteiger partial charge in [-0.25, -0.2) is 13.4 Å². The summed E-state index contributed by atoms with van der Waals surface area (Å²) in [6, 6.07) is 18.5. The SMILES string of the molecule is CCOc1ccc2nc(N3CCN(CCNC(=O)c4ccc(NS(=O)(=O)c5ccc(OC)cc5)cc4)CC3)sc2c1.Cl. The number of thiazole rings is 1. The van der Waals surface area contributed by atoms with Crippen molar-refractivity contribution in [3.8, 4) is 11.5 Å². The second-order valence-corrected chi connectivity index (χ2v) is 12.2. The average molecular weight is 632 g/mol. The first-order chi connectivity index (χ1) is 19.8. The first kappa shape index (κ1) is 31.4. The minimum absolute atomic E-state index is 0. The number of fused-ring (bicyclic) bond motifs is 1. The molecule has 0 bridgehead atoms. The predicted octanol–water partition coefficient (Wildman–Crippen LogP) is 4.48. The smallest absolute Gasteiger partial charge is 0.261 e. The van der Waals surface area contributed by atoms with Crippen LogP contribution in [0.5, 0.6) is 11.5 Å². The van der Waals surface area contributed by atoms with E-state index >= 15 is 0 Å². The van der Waals surface area contributed by atoms with Crippen LogP contribution in [0, 0.1) is 0 Å². The second-order valence-electron chi connectivity index (χ2n) is 9.50. The second kappa shape index (κ2) is 14.1. The van der Waals surface area contributed by atoms with Crippen molar-refractivity contribution in [1.29, 1.82) is 0 Å². The van der Waals surface area contributed by atoms with Gasteiger partial charge in [0.25, 0.3) is 15.9 Å². The van der Waals surface area contributed by atoms with Crippen LogP contribution in [0.15, 0.2) is 71.6 Å². The van der Waals surface area contributed by atoms with E-state index in [1.54, 1.807) is 47.7 Å². The van der Waals surface area contributed by atoms with Crippen LogP contribution in [0.25, 0.3) is 10.2 Å². The molecule has 10 nitrogen and oxygen atoms in total. The lowest BCUT2D eigenvalue weighted by molar-refractivity contribution is 0.0948. The number of rotatable bonds is 11. The van der Waals surface area contributed by atoms with Crippen LogP contribution in [0.4, 0.5) is 10.8 Å². The summed E-state index contributed by atoms with van der Waals surface area (Å²) in [5.41, 5.74) is 1.82. The number of anilines is 2. The van der Waals surface area contributed by atoms with Gasteiger partial charge in [-0.15, -0.1) is 12.4 Å². The van der Waals surface area contributed by atoms with E-state index < -0.39 is 10.0 Å². The van der Waals surface area contributed by atoms with Gasteiger partial charge in [0.15, 0.2) is 5.13 Å². The fourth-order valence-corrected chi connectivity index (χ4v) is 6.64. The minimum atomic E-state index is -3.75. The maximum absolute atomic E-state index is 12.6. The van der Waals surface area contributed by atoms with Crippen molar-refractivity contribution in [2.24, 2.45) is 0 Å². The molecule has 0 radical (unpaired) electrons. The molecule has 2 heterocycles. The molecule has 4 aromatic rings. The molecule has 1 amide bonds. The molecule has 0 saturated carbocycles. The van der Waals surface area contributed by atoms with Crippen LogP contribution in [0.2, 0.25) is 0 Å². The van der Waals surface area contributed by atoms with E-state index in [2.05, 4.69) is 19.8 Å². The normalized spacial score (nSPS) is 13.8. The first-order valence-corrected chi connectivity index (χ1v) is 15.7. The van der Waals surface area contributed by atoms with Gasteiger partial charge in [0, 0.05) is 50.5 Å². The highest BCUT2D eigenvalue weighted by atomic mass is 35.5. The van der Waals surface area contributed by atoms with Crippen molar-refractivity contribution in [2.75, 3.05) is 62.6 Å².